The Morgan fingerprint density at radius 3 is 2.71 bits per heavy atom. The van der Waals surface area contributed by atoms with Gasteiger partial charge < -0.3 is 9.52 Å². The Bertz CT molecular complexity index is 832. The summed E-state index contributed by atoms with van der Waals surface area (Å²) in [5.41, 5.74) is 2.60. The summed E-state index contributed by atoms with van der Waals surface area (Å²) < 4.78 is 7.27. The van der Waals surface area contributed by atoms with Gasteiger partial charge in [-0.3, -0.25) is 0 Å². The van der Waals surface area contributed by atoms with Crippen LogP contribution in [0, 0.1) is 13.8 Å². The van der Waals surface area contributed by atoms with E-state index >= 15 is 0 Å². The van der Waals surface area contributed by atoms with Crippen LogP contribution in [0.2, 0.25) is 0 Å². The molecule has 0 spiro atoms. The van der Waals surface area contributed by atoms with E-state index in [2.05, 4.69) is 10.3 Å². The molecule has 108 valence electrons. The standard InChI is InChI=1S/C15H15N3O3/c1-8-6-12(10(3)21-8)9(2)18-14-7-11(15(19)20)4-5-13(14)16-17-18/h4-7,9H,1-3H3,(H,19,20). The number of hydrogen-bond acceptors (Lipinski definition) is 4. The lowest BCUT2D eigenvalue weighted by Crippen LogP contribution is -2.09. The Hall–Kier alpha value is -2.63. The molecule has 1 atom stereocenters. The van der Waals surface area contributed by atoms with Gasteiger partial charge >= 0.3 is 5.97 Å². The zero-order valence-corrected chi connectivity index (χ0v) is 12.0. The molecule has 3 aromatic rings. The van der Waals surface area contributed by atoms with Crippen LogP contribution in [0.25, 0.3) is 11.0 Å². The van der Waals surface area contributed by atoms with Crippen molar-refractivity contribution >= 4 is 17.0 Å². The first-order valence-electron chi connectivity index (χ1n) is 6.62. The molecule has 2 aromatic heterocycles. The number of aromatic carboxylic acids is 1. The quantitative estimate of drug-likeness (QED) is 0.800. The van der Waals surface area contributed by atoms with Crippen molar-refractivity contribution in [3.63, 3.8) is 0 Å². The molecule has 0 amide bonds. The number of carbonyl (C=O) groups is 1. The van der Waals surface area contributed by atoms with Crippen LogP contribution in [-0.4, -0.2) is 26.1 Å². The van der Waals surface area contributed by atoms with Crippen LogP contribution in [0.1, 0.15) is 40.4 Å². The van der Waals surface area contributed by atoms with Crippen LogP contribution in [0.5, 0.6) is 0 Å². The molecule has 2 heterocycles. The number of rotatable bonds is 3. The number of hydrogen-bond donors (Lipinski definition) is 1. The van der Waals surface area contributed by atoms with Gasteiger partial charge in [0, 0.05) is 5.56 Å². The number of carboxylic acid groups (broad SMARTS) is 1. The van der Waals surface area contributed by atoms with E-state index in [1.165, 1.54) is 6.07 Å². The van der Waals surface area contributed by atoms with Crippen LogP contribution < -0.4 is 0 Å². The Labute approximate surface area is 121 Å². The predicted octanol–water partition coefficient (Wildman–Crippen LogP) is 2.95. The number of aromatic nitrogens is 3. The van der Waals surface area contributed by atoms with E-state index in [1.54, 1.807) is 16.8 Å². The molecule has 1 aromatic carbocycles. The summed E-state index contributed by atoms with van der Waals surface area (Å²) in [6.07, 6.45) is 0. The van der Waals surface area contributed by atoms with Gasteiger partial charge in [0.05, 0.1) is 17.1 Å². The largest absolute Gasteiger partial charge is 0.478 e. The van der Waals surface area contributed by atoms with E-state index in [4.69, 9.17) is 9.52 Å². The predicted molar refractivity (Wildman–Crippen MR) is 76.5 cm³/mol. The maximum absolute atomic E-state index is 11.1. The number of fused-ring (bicyclic) bond motifs is 1. The summed E-state index contributed by atoms with van der Waals surface area (Å²) in [5, 5.41) is 17.4. The van der Waals surface area contributed by atoms with Crippen LogP contribution >= 0.6 is 0 Å². The maximum Gasteiger partial charge on any atom is 0.335 e. The Kier molecular flexibility index (Phi) is 3.01. The lowest BCUT2D eigenvalue weighted by atomic mass is 10.1. The molecule has 6 nitrogen and oxygen atoms in total. The van der Waals surface area contributed by atoms with Gasteiger partial charge in [0.15, 0.2) is 0 Å². The Morgan fingerprint density at radius 2 is 2.10 bits per heavy atom. The minimum Gasteiger partial charge on any atom is -0.478 e. The molecule has 0 aliphatic heterocycles. The molecule has 0 saturated heterocycles. The second kappa shape index (κ2) is 4.73. The topological polar surface area (TPSA) is 81.2 Å². The smallest absolute Gasteiger partial charge is 0.335 e. The number of carboxylic acids is 1. The zero-order chi connectivity index (χ0) is 15.1. The molecule has 0 radical (unpaired) electrons. The molecule has 3 rings (SSSR count). The van der Waals surface area contributed by atoms with Crippen molar-refractivity contribution in [3.8, 4) is 0 Å². The van der Waals surface area contributed by atoms with E-state index in [1.807, 2.05) is 26.8 Å². The highest BCUT2D eigenvalue weighted by molar-refractivity contribution is 5.92. The van der Waals surface area contributed by atoms with Crippen molar-refractivity contribution in [1.82, 2.24) is 15.0 Å². The summed E-state index contributed by atoms with van der Waals surface area (Å²) in [7, 11) is 0. The van der Waals surface area contributed by atoms with Crippen molar-refractivity contribution in [2.45, 2.75) is 26.8 Å². The SMILES string of the molecule is Cc1cc(C(C)n2nnc3ccc(C(=O)O)cc32)c(C)o1. The number of furan rings is 1. The van der Waals surface area contributed by atoms with Gasteiger partial charge in [-0.25, -0.2) is 9.48 Å². The molecule has 0 fully saturated rings. The third-order valence-electron chi connectivity index (χ3n) is 3.61. The molecule has 21 heavy (non-hydrogen) atoms. The minimum absolute atomic E-state index is 0.0866. The lowest BCUT2D eigenvalue weighted by Gasteiger charge is -2.11. The summed E-state index contributed by atoms with van der Waals surface area (Å²) in [6, 6.07) is 6.67. The fraction of sp³-hybridized carbons (Fsp3) is 0.267. The van der Waals surface area contributed by atoms with Gasteiger partial charge in [-0.2, -0.15) is 0 Å². The highest BCUT2D eigenvalue weighted by Gasteiger charge is 2.18. The molecule has 0 saturated carbocycles. The van der Waals surface area contributed by atoms with Crippen LogP contribution in [0.15, 0.2) is 28.7 Å². The van der Waals surface area contributed by atoms with Gasteiger partial charge in [-0.05, 0) is 45.0 Å². The van der Waals surface area contributed by atoms with Crippen molar-refractivity contribution in [2.75, 3.05) is 0 Å². The molecule has 0 aliphatic rings. The average molecular weight is 285 g/mol. The first-order chi connectivity index (χ1) is 9.97. The van der Waals surface area contributed by atoms with E-state index in [9.17, 15) is 4.79 Å². The second-order valence-electron chi connectivity index (χ2n) is 5.09. The fourth-order valence-electron chi connectivity index (χ4n) is 2.55. The normalized spacial score (nSPS) is 12.7. The molecule has 6 heteroatoms. The van der Waals surface area contributed by atoms with Crippen LogP contribution in [0.3, 0.4) is 0 Å². The van der Waals surface area contributed by atoms with Crippen molar-refractivity contribution in [2.24, 2.45) is 0 Å². The molecule has 0 bridgehead atoms. The van der Waals surface area contributed by atoms with Gasteiger partial charge in [-0.1, -0.05) is 5.21 Å². The first kappa shape index (κ1) is 13.4. The van der Waals surface area contributed by atoms with Gasteiger partial charge in [0.25, 0.3) is 0 Å². The minimum atomic E-state index is -0.965. The molecular weight excluding hydrogens is 270 g/mol. The van der Waals surface area contributed by atoms with E-state index < -0.39 is 5.97 Å². The fourth-order valence-corrected chi connectivity index (χ4v) is 2.55. The van der Waals surface area contributed by atoms with Gasteiger partial charge in [0.1, 0.15) is 17.0 Å². The summed E-state index contributed by atoms with van der Waals surface area (Å²) in [4.78, 5) is 11.1. The summed E-state index contributed by atoms with van der Waals surface area (Å²) in [6.45, 7) is 5.78. The first-order valence-corrected chi connectivity index (χ1v) is 6.62. The van der Waals surface area contributed by atoms with Crippen molar-refractivity contribution in [3.05, 3.63) is 46.9 Å². The molecule has 0 aliphatic carbocycles. The molecule has 1 unspecified atom stereocenters. The molecule has 1 N–H and O–H groups in total. The van der Waals surface area contributed by atoms with Crippen LogP contribution in [0.4, 0.5) is 0 Å². The van der Waals surface area contributed by atoms with Crippen molar-refractivity contribution < 1.29 is 14.3 Å². The molecular formula is C15H15N3O3. The number of benzene rings is 1. The van der Waals surface area contributed by atoms with Crippen LogP contribution in [-0.2, 0) is 0 Å². The van der Waals surface area contributed by atoms with E-state index in [0.29, 0.717) is 11.0 Å². The Balaban J connectivity index is 2.13. The third-order valence-corrected chi connectivity index (χ3v) is 3.61. The summed E-state index contributed by atoms with van der Waals surface area (Å²) >= 11 is 0. The highest BCUT2D eigenvalue weighted by Crippen LogP contribution is 2.27. The van der Waals surface area contributed by atoms with Gasteiger partial charge in [-0.15, -0.1) is 5.10 Å². The van der Waals surface area contributed by atoms with Gasteiger partial charge in [0.2, 0.25) is 0 Å². The Morgan fingerprint density at radius 1 is 1.33 bits per heavy atom. The van der Waals surface area contributed by atoms with E-state index in [-0.39, 0.29) is 11.6 Å². The zero-order valence-electron chi connectivity index (χ0n) is 12.0. The third kappa shape index (κ3) is 2.18. The number of aryl methyl sites for hydroxylation is 2. The average Bonchev–Trinajstić information content (AvgIpc) is 3.00. The highest BCUT2D eigenvalue weighted by atomic mass is 16.4. The van der Waals surface area contributed by atoms with Crippen molar-refractivity contribution in [1.29, 1.82) is 0 Å². The second-order valence-corrected chi connectivity index (χ2v) is 5.09. The number of nitrogens with zero attached hydrogens (tertiary/aromatic N) is 3. The monoisotopic (exact) mass is 285 g/mol. The maximum atomic E-state index is 11.1. The summed E-state index contributed by atoms with van der Waals surface area (Å²) in [5.74, 6) is 0.704. The lowest BCUT2D eigenvalue weighted by molar-refractivity contribution is 0.0697. The van der Waals surface area contributed by atoms with E-state index in [0.717, 1.165) is 17.1 Å².